The Morgan fingerprint density at radius 3 is 2.75 bits per heavy atom. The largest absolute Gasteiger partial charge is 0.508 e. The number of hydrogen-bond acceptors (Lipinski definition) is 4. The Morgan fingerprint density at radius 2 is 2.10 bits per heavy atom. The van der Waals surface area contributed by atoms with E-state index in [0.29, 0.717) is 6.54 Å². The summed E-state index contributed by atoms with van der Waals surface area (Å²) in [6.45, 7) is 4.68. The first-order valence-electron chi connectivity index (χ1n) is 6.62. The third-order valence-electron chi connectivity index (χ3n) is 3.29. The van der Waals surface area contributed by atoms with Crippen molar-refractivity contribution in [3.05, 3.63) is 53.3 Å². The van der Waals surface area contributed by atoms with Crippen molar-refractivity contribution in [3.8, 4) is 11.5 Å². The highest BCUT2D eigenvalue weighted by molar-refractivity contribution is 5.41. The Kier molecular flexibility index (Phi) is 4.58. The van der Waals surface area contributed by atoms with Gasteiger partial charge in [0.1, 0.15) is 11.5 Å². The van der Waals surface area contributed by atoms with E-state index in [2.05, 4.69) is 10.3 Å². The summed E-state index contributed by atoms with van der Waals surface area (Å²) in [7, 11) is 1.62. The third-order valence-corrected chi connectivity index (χ3v) is 3.29. The first-order chi connectivity index (χ1) is 9.60. The molecule has 1 unspecified atom stereocenters. The van der Waals surface area contributed by atoms with Crippen LogP contribution >= 0.6 is 0 Å². The minimum atomic E-state index is 0.0198. The second-order valence-electron chi connectivity index (χ2n) is 4.84. The van der Waals surface area contributed by atoms with Gasteiger partial charge in [0.2, 0.25) is 0 Å². The van der Waals surface area contributed by atoms with Gasteiger partial charge in [-0.2, -0.15) is 0 Å². The fraction of sp³-hybridized carbons (Fsp3) is 0.312. The lowest BCUT2D eigenvalue weighted by Gasteiger charge is -2.16. The molecule has 0 aliphatic rings. The molecule has 0 saturated heterocycles. The van der Waals surface area contributed by atoms with Gasteiger partial charge in [-0.1, -0.05) is 6.07 Å². The lowest BCUT2D eigenvalue weighted by molar-refractivity contribution is 0.407. The Labute approximate surface area is 119 Å². The molecule has 2 rings (SSSR count). The minimum Gasteiger partial charge on any atom is -0.508 e. The molecule has 2 aromatic rings. The van der Waals surface area contributed by atoms with Gasteiger partial charge in [-0.25, -0.2) is 0 Å². The maximum atomic E-state index is 9.93. The predicted molar refractivity (Wildman–Crippen MR) is 78.9 cm³/mol. The van der Waals surface area contributed by atoms with Crippen molar-refractivity contribution in [2.24, 2.45) is 0 Å². The van der Waals surface area contributed by atoms with Crippen LogP contribution in [0.3, 0.4) is 0 Å². The van der Waals surface area contributed by atoms with Crippen LogP contribution in [0.4, 0.5) is 0 Å². The van der Waals surface area contributed by atoms with Crippen molar-refractivity contribution in [1.29, 1.82) is 0 Å². The number of pyridine rings is 1. The van der Waals surface area contributed by atoms with Gasteiger partial charge in [-0.15, -0.1) is 0 Å². The molecule has 106 valence electrons. The van der Waals surface area contributed by atoms with Gasteiger partial charge in [0, 0.05) is 30.0 Å². The molecule has 0 bridgehead atoms. The lowest BCUT2D eigenvalue weighted by Crippen LogP contribution is -2.18. The molecule has 4 heteroatoms. The predicted octanol–water partition coefficient (Wildman–Crippen LogP) is 2.96. The van der Waals surface area contributed by atoms with Gasteiger partial charge in [-0.05, 0) is 43.7 Å². The fourth-order valence-electron chi connectivity index (χ4n) is 1.99. The number of phenols is 1. The van der Waals surface area contributed by atoms with Gasteiger partial charge in [0.25, 0.3) is 0 Å². The standard InChI is InChI=1S/C16H20N2O2/c1-11-4-5-13(9-17-11)10-18-12(2)15-8-14(20-3)6-7-16(15)19/h4-9,12,18-19H,10H2,1-3H3. The van der Waals surface area contributed by atoms with Crippen LogP contribution in [-0.2, 0) is 6.54 Å². The quantitative estimate of drug-likeness (QED) is 0.878. The summed E-state index contributed by atoms with van der Waals surface area (Å²) in [5.41, 5.74) is 2.95. The normalized spacial score (nSPS) is 12.2. The molecule has 0 amide bonds. The number of hydrogen-bond donors (Lipinski definition) is 2. The minimum absolute atomic E-state index is 0.0198. The molecule has 1 atom stereocenters. The Bertz CT molecular complexity index is 567. The van der Waals surface area contributed by atoms with Crippen molar-refractivity contribution in [1.82, 2.24) is 10.3 Å². The van der Waals surface area contributed by atoms with Gasteiger partial charge in [-0.3, -0.25) is 4.98 Å². The number of aryl methyl sites for hydroxylation is 1. The van der Waals surface area contributed by atoms with E-state index in [1.54, 1.807) is 19.2 Å². The van der Waals surface area contributed by atoms with E-state index in [-0.39, 0.29) is 11.8 Å². The molecule has 1 heterocycles. The van der Waals surface area contributed by atoms with E-state index in [1.165, 1.54) is 0 Å². The molecule has 0 aliphatic heterocycles. The van der Waals surface area contributed by atoms with Gasteiger partial charge in [0.15, 0.2) is 0 Å². The van der Waals surface area contributed by atoms with E-state index in [9.17, 15) is 5.11 Å². The summed E-state index contributed by atoms with van der Waals surface area (Å²) in [4.78, 5) is 4.27. The molecule has 1 aromatic carbocycles. The van der Waals surface area contributed by atoms with Crippen molar-refractivity contribution < 1.29 is 9.84 Å². The summed E-state index contributed by atoms with van der Waals surface area (Å²) in [6, 6.07) is 9.31. The summed E-state index contributed by atoms with van der Waals surface area (Å²) >= 11 is 0. The number of nitrogens with zero attached hydrogens (tertiary/aromatic N) is 1. The number of aromatic hydroxyl groups is 1. The number of phenolic OH excluding ortho intramolecular Hbond substituents is 1. The van der Waals surface area contributed by atoms with Crippen LogP contribution in [0.25, 0.3) is 0 Å². The van der Waals surface area contributed by atoms with Crippen LogP contribution < -0.4 is 10.1 Å². The van der Waals surface area contributed by atoms with Crippen LogP contribution in [0.15, 0.2) is 36.5 Å². The van der Waals surface area contributed by atoms with E-state index in [0.717, 1.165) is 22.6 Å². The van der Waals surface area contributed by atoms with Gasteiger partial charge >= 0.3 is 0 Å². The number of ether oxygens (including phenoxy) is 1. The topological polar surface area (TPSA) is 54.4 Å². The van der Waals surface area contributed by atoms with Crippen molar-refractivity contribution >= 4 is 0 Å². The molecule has 0 fully saturated rings. The number of benzene rings is 1. The zero-order valence-electron chi connectivity index (χ0n) is 12.1. The molecule has 0 radical (unpaired) electrons. The number of methoxy groups -OCH3 is 1. The summed E-state index contributed by atoms with van der Waals surface area (Å²) in [5.74, 6) is 1.01. The van der Waals surface area contributed by atoms with Crippen LogP contribution in [0.2, 0.25) is 0 Å². The summed E-state index contributed by atoms with van der Waals surface area (Å²) in [6.07, 6.45) is 1.86. The van der Waals surface area contributed by atoms with Crippen molar-refractivity contribution in [2.75, 3.05) is 7.11 Å². The molecule has 0 spiro atoms. The molecular formula is C16H20N2O2. The monoisotopic (exact) mass is 272 g/mol. The Balaban J connectivity index is 2.04. The highest BCUT2D eigenvalue weighted by atomic mass is 16.5. The third kappa shape index (κ3) is 3.48. The second kappa shape index (κ2) is 6.39. The number of aromatic nitrogens is 1. The zero-order valence-corrected chi connectivity index (χ0v) is 12.1. The fourth-order valence-corrected chi connectivity index (χ4v) is 1.99. The second-order valence-corrected chi connectivity index (χ2v) is 4.84. The maximum Gasteiger partial charge on any atom is 0.120 e. The first kappa shape index (κ1) is 14.3. The highest BCUT2D eigenvalue weighted by Gasteiger charge is 2.11. The maximum absolute atomic E-state index is 9.93. The average molecular weight is 272 g/mol. The Hall–Kier alpha value is -2.07. The Morgan fingerprint density at radius 1 is 1.30 bits per heavy atom. The van der Waals surface area contributed by atoms with E-state index >= 15 is 0 Å². The van der Waals surface area contributed by atoms with Crippen LogP contribution in [0.1, 0.15) is 29.8 Å². The molecule has 20 heavy (non-hydrogen) atoms. The summed E-state index contributed by atoms with van der Waals surface area (Å²) < 4.78 is 5.19. The summed E-state index contributed by atoms with van der Waals surface area (Å²) in [5, 5.41) is 13.3. The highest BCUT2D eigenvalue weighted by Crippen LogP contribution is 2.28. The molecule has 4 nitrogen and oxygen atoms in total. The number of nitrogens with one attached hydrogen (secondary N) is 1. The smallest absolute Gasteiger partial charge is 0.120 e. The van der Waals surface area contributed by atoms with Crippen molar-refractivity contribution in [3.63, 3.8) is 0 Å². The molecule has 2 N–H and O–H groups in total. The molecule has 0 aliphatic carbocycles. The van der Waals surface area contributed by atoms with Crippen LogP contribution in [0, 0.1) is 6.92 Å². The zero-order chi connectivity index (χ0) is 14.5. The van der Waals surface area contributed by atoms with E-state index in [4.69, 9.17) is 4.74 Å². The van der Waals surface area contributed by atoms with Crippen LogP contribution in [0.5, 0.6) is 11.5 Å². The van der Waals surface area contributed by atoms with E-state index in [1.807, 2.05) is 38.2 Å². The van der Waals surface area contributed by atoms with Gasteiger partial charge < -0.3 is 15.2 Å². The molecule has 0 saturated carbocycles. The molecule has 1 aromatic heterocycles. The lowest BCUT2D eigenvalue weighted by atomic mass is 10.1. The number of rotatable bonds is 5. The molecular weight excluding hydrogens is 252 g/mol. The first-order valence-corrected chi connectivity index (χ1v) is 6.62. The van der Waals surface area contributed by atoms with Crippen LogP contribution in [-0.4, -0.2) is 17.2 Å². The van der Waals surface area contributed by atoms with Gasteiger partial charge in [0.05, 0.1) is 7.11 Å². The van der Waals surface area contributed by atoms with E-state index < -0.39 is 0 Å². The SMILES string of the molecule is COc1ccc(O)c(C(C)NCc2ccc(C)nc2)c1. The average Bonchev–Trinajstić information content (AvgIpc) is 2.47. The van der Waals surface area contributed by atoms with Crippen molar-refractivity contribution in [2.45, 2.75) is 26.4 Å².